The lowest BCUT2D eigenvalue weighted by atomic mass is 9.94. The number of aliphatic hydroxyl groups is 1. The number of rotatable bonds is 1. The fourth-order valence-electron chi connectivity index (χ4n) is 2.00. The van der Waals surface area contributed by atoms with Crippen molar-refractivity contribution in [3.8, 4) is 10.6 Å². The highest BCUT2D eigenvalue weighted by atomic mass is 32.1. The van der Waals surface area contributed by atoms with Crippen LogP contribution in [0, 0.1) is 0 Å². The van der Waals surface area contributed by atoms with E-state index in [4.69, 9.17) is 4.52 Å². The third-order valence-electron chi connectivity index (χ3n) is 2.77. The van der Waals surface area contributed by atoms with Crippen molar-refractivity contribution in [3.63, 3.8) is 0 Å². The van der Waals surface area contributed by atoms with Crippen molar-refractivity contribution in [1.29, 1.82) is 0 Å². The average molecular weight is 221 g/mol. The lowest BCUT2D eigenvalue weighted by molar-refractivity contribution is 0.146. The largest absolute Gasteiger partial charge is 0.393 e. The topological polar surface area (TPSA) is 46.3 Å². The van der Waals surface area contributed by atoms with Gasteiger partial charge < -0.3 is 9.63 Å². The molecule has 0 radical (unpaired) electrons. The first-order valence-electron chi connectivity index (χ1n) is 5.04. The molecule has 1 aliphatic carbocycles. The fourth-order valence-corrected chi connectivity index (χ4v) is 2.73. The van der Waals surface area contributed by atoms with Gasteiger partial charge in [0.25, 0.3) is 0 Å². The van der Waals surface area contributed by atoms with Gasteiger partial charge in [0.15, 0.2) is 0 Å². The average Bonchev–Trinajstić information content (AvgIpc) is 2.82. The normalized spacial score (nSPS) is 20.2. The summed E-state index contributed by atoms with van der Waals surface area (Å²) in [6.07, 6.45) is 2.02. The Morgan fingerprint density at radius 2 is 2.47 bits per heavy atom. The summed E-state index contributed by atoms with van der Waals surface area (Å²) < 4.78 is 5.28. The maximum Gasteiger partial charge on any atom is 0.143 e. The van der Waals surface area contributed by atoms with E-state index in [2.05, 4.69) is 5.16 Å². The second kappa shape index (κ2) is 3.47. The van der Waals surface area contributed by atoms with E-state index in [1.807, 2.05) is 17.5 Å². The summed E-state index contributed by atoms with van der Waals surface area (Å²) in [6.45, 7) is 0. The molecule has 2 aromatic heterocycles. The monoisotopic (exact) mass is 221 g/mol. The van der Waals surface area contributed by atoms with Crippen molar-refractivity contribution in [2.24, 2.45) is 0 Å². The Kier molecular flexibility index (Phi) is 2.11. The molecule has 3 rings (SSSR count). The molecule has 3 nitrogen and oxygen atoms in total. The van der Waals surface area contributed by atoms with Crippen molar-refractivity contribution in [2.45, 2.75) is 25.4 Å². The molecule has 1 unspecified atom stereocenters. The van der Waals surface area contributed by atoms with Crippen LogP contribution in [-0.2, 0) is 12.8 Å². The van der Waals surface area contributed by atoms with Crippen molar-refractivity contribution in [3.05, 3.63) is 28.8 Å². The van der Waals surface area contributed by atoms with Gasteiger partial charge in [-0.2, -0.15) is 0 Å². The Bertz CT molecular complexity index is 461. The number of thiophene rings is 1. The lowest BCUT2D eigenvalue weighted by Crippen LogP contribution is -2.17. The van der Waals surface area contributed by atoms with E-state index >= 15 is 0 Å². The number of fused-ring (bicyclic) bond motifs is 1. The summed E-state index contributed by atoms with van der Waals surface area (Å²) >= 11 is 1.67. The van der Waals surface area contributed by atoms with Crippen molar-refractivity contribution >= 4 is 11.3 Å². The van der Waals surface area contributed by atoms with E-state index in [0.29, 0.717) is 6.42 Å². The molecule has 1 aliphatic rings. The molecule has 4 heteroatoms. The SMILES string of the molecule is OC1CCc2c(-c3cccs3)noc2C1. The number of hydrogen-bond donors (Lipinski definition) is 1. The predicted molar refractivity (Wildman–Crippen MR) is 57.8 cm³/mol. The first-order chi connectivity index (χ1) is 7.34. The first kappa shape index (κ1) is 9.12. The summed E-state index contributed by atoms with van der Waals surface area (Å²) in [5, 5.41) is 15.6. The van der Waals surface area contributed by atoms with Crippen LogP contribution in [0.25, 0.3) is 10.6 Å². The molecule has 1 atom stereocenters. The molecule has 0 spiro atoms. The molecule has 1 N–H and O–H groups in total. The second-order valence-electron chi connectivity index (χ2n) is 3.81. The second-order valence-corrected chi connectivity index (χ2v) is 4.75. The van der Waals surface area contributed by atoms with Crippen LogP contribution in [0.5, 0.6) is 0 Å². The fraction of sp³-hybridized carbons (Fsp3) is 0.364. The van der Waals surface area contributed by atoms with Gasteiger partial charge in [-0.15, -0.1) is 11.3 Å². The highest BCUT2D eigenvalue weighted by Gasteiger charge is 2.25. The van der Waals surface area contributed by atoms with Crippen LogP contribution in [0.4, 0.5) is 0 Å². The van der Waals surface area contributed by atoms with Gasteiger partial charge in [0.05, 0.1) is 11.0 Å². The molecular formula is C11H11NO2S. The third-order valence-corrected chi connectivity index (χ3v) is 3.65. The highest BCUT2D eigenvalue weighted by Crippen LogP contribution is 2.33. The Morgan fingerprint density at radius 3 is 3.27 bits per heavy atom. The van der Waals surface area contributed by atoms with Gasteiger partial charge in [-0.25, -0.2) is 0 Å². The van der Waals surface area contributed by atoms with Crippen LogP contribution < -0.4 is 0 Å². The van der Waals surface area contributed by atoms with Crippen LogP contribution in [0.15, 0.2) is 22.0 Å². The Hall–Kier alpha value is -1.13. The van der Waals surface area contributed by atoms with Gasteiger partial charge in [0.2, 0.25) is 0 Å². The lowest BCUT2D eigenvalue weighted by Gasteiger charge is -2.14. The summed E-state index contributed by atoms with van der Waals surface area (Å²) in [7, 11) is 0. The molecule has 2 aromatic rings. The van der Waals surface area contributed by atoms with Gasteiger partial charge >= 0.3 is 0 Å². The summed E-state index contributed by atoms with van der Waals surface area (Å²) in [4.78, 5) is 1.15. The Balaban J connectivity index is 2.05. The smallest absolute Gasteiger partial charge is 0.143 e. The molecule has 0 saturated carbocycles. The Labute approximate surface area is 91.3 Å². The summed E-state index contributed by atoms with van der Waals surface area (Å²) in [6, 6.07) is 4.06. The predicted octanol–water partition coefficient (Wildman–Crippen LogP) is 2.25. The van der Waals surface area contributed by atoms with Gasteiger partial charge in [-0.3, -0.25) is 0 Å². The number of aromatic nitrogens is 1. The number of nitrogens with zero attached hydrogens (tertiary/aromatic N) is 1. The quantitative estimate of drug-likeness (QED) is 0.803. The van der Waals surface area contributed by atoms with Crippen LogP contribution in [0.3, 0.4) is 0 Å². The Morgan fingerprint density at radius 1 is 1.53 bits per heavy atom. The maximum absolute atomic E-state index is 9.51. The molecule has 0 aromatic carbocycles. The van der Waals surface area contributed by atoms with Gasteiger partial charge in [-0.05, 0) is 24.3 Å². The van der Waals surface area contributed by atoms with Crippen LogP contribution >= 0.6 is 11.3 Å². The minimum Gasteiger partial charge on any atom is -0.393 e. The van der Waals surface area contributed by atoms with Crippen molar-refractivity contribution < 1.29 is 9.63 Å². The molecule has 15 heavy (non-hydrogen) atoms. The van der Waals surface area contributed by atoms with Crippen LogP contribution in [0.2, 0.25) is 0 Å². The molecular weight excluding hydrogens is 210 g/mol. The van der Waals surface area contributed by atoms with Gasteiger partial charge in [-0.1, -0.05) is 11.2 Å². The zero-order valence-electron chi connectivity index (χ0n) is 8.14. The number of hydrogen-bond acceptors (Lipinski definition) is 4. The van der Waals surface area contributed by atoms with Crippen molar-refractivity contribution in [2.75, 3.05) is 0 Å². The molecule has 0 bridgehead atoms. The maximum atomic E-state index is 9.51. The minimum atomic E-state index is -0.262. The molecule has 0 fully saturated rings. The third kappa shape index (κ3) is 1.50. The van der Waals surface area contributed by atoms with Gasteiger partial charge in [0.1, 0.15) is 11.5 Å². The summed E-state index contributed by atoms with van der Waals surface area (Å²) in [5.74, 6) is 0.858. The van der Waals surface area contributed by atoms with E-state index in [9.17, 15) is 5.11 Å². The molecule has 0 aliphatic heterocycles. The molecule has 78 valence electrons. The zero-order valence-corrected chi connectivity index (χ0v) is 8.96. The van der Waals surface area contributed by atoms with E-state index < -0.39 is 0 Å². The molecule has 2 heterocycles. The standard InChI is InChI=1S/C11H11NO2S/c13-7-3-4-8-9(6-7)14-12-11(8)10-2-1-5-15-10/h1-2,5,7,13H,3-4,6H2. The minimum absolute atomic E-state index is 0.262. The van der Waals surface area contributed by atoms with Crippen LogP contribution in [0.1, 0.15) is 17.7 Å². The first-order valence-corrected chi connectivity index (χ1v) is 5.92. The molecule has 0 amide bonds. The zero-order chi connectivity index (χ0) is 10.3. The van der Waals surface area contributed by atoms with Crippen molar-refractivity contribution in [1.82, 2.24) is 5.16 Å². The summed E-state index contributed by atoms with van der Waals surface area (Å²) in [5.41, 5.74) is 2.15. The molecule has 0 saturated heterocycles. The highest BCUT2D eigenvalue weighted by molar-refractivity contribution is 7.13. The van der Waals surface area contributed by atoms with E-state index in [1.165, 1.54) is 5.56 Å². The number of aliphatic hydroxyl groups excluding tert-OH is 1. The van der Waals surface area contributed by atoms with Crippen LogP contribution in [-0.4, -0.2) is 16.4 Å². The van der Waals surface area contributed by atoms with Gasteiger partial charge in [0, 0.05) is 12.0 Å². The van der Waals surface area contributed by atoms with E-state index in [-0.39, 0.29) is 6.10 Å². The van der Waals surface area contributed by atoms with E-state index in [1.54, 1.807) is 11.3 Å². The van der Waals surface area contributed by atoms with E-state index in [0.717, 1.165) is 29.2 Å².